The van der Waals surface area contributed by atoms with Gasteiger partial charge in [0.2, 0.25) is 15.9 Å². The van der Waals surface area contributed by atoms with Crippen LogP contribution in [0.1, 0.15) is 31.2 Å². The zero-order valence-corrected chi connectivity index (χ0v) is 18.4. The first-order chi connectivity index (χ1) is 14.2. The Labute approximate surface area is 178 Å². The van der Waals surface area contributed by atoms with Gasteiger partial charge in [0.1, 0.15) is 0 Å². The molecule has 2 aliphatic rings. The van der Waals surface area contributed by atoms with Crippen LogP contribution in [0.5, 0.6) is 0 Å². The molecule has 0 aromatic heterocycles. The van der Waals surface area contributed by atoms with Crippen LogP contribution < -0.4 is 4.72 Å². The maximum Gasteiger partial charge on any atom is 0.233 e. The zero-order valence-electron chi connectivity index (χ0n) is 16.8. The van der Waals surface area contributed by atoms with Crippen LogP contribution >= 0.6 is 0 Å². The highest BCUT2D eigenvalue weighted by Crippen LogP contribution is 2.22. The summed E-state index contributed by atoms with van der Waals surface area (Å²) in [6.45, 7) is 0.935. The van der Waals surface area contributed by atoms with Gasteiger partial charge in [0.05, 0.1) is 17.6 Å². The number of amides is 1. The molecule has 1 N–H and O–H groups in total. The summed E-state index contributed by atoms with van der Waals surface area (Å²) >= 11 is 0. The van der Waals surface area contributed by atoms with E-state index < -0.39 is 19.9 Å². The molecule has 2 fully saturated rings. The Morgan fingerprint density at radius 1 is 1.23 bits per heavy atom. The first kappa shape index (κ1) is 22.9. The molecule has 2 atom stereocenters. The Kier molecular flexibility index (Phi) is 7.67. The third kappa shape index (κ3) is 6.90. The predicted molar refractivity (Wildman–Crippen MR) is 115 cm³/mol. The zero-order chi connectivity index (χ0) is 21.6. The van der Waals surface area contributed by atoms with E-state index in [1.165, 1.54) is 6.08 Å². The van der Waals surface area contributed by atoms with Gasteiger partial charge in [-0.1, -0.05) is 30.3 Å². The van der Waals surface area contributed by atoms with Gasteiger partial charge in [-0.15, -0.1) is 0 Å². The summed E-state index contributed by atoms with van der Waals surface area (Å²) in [5.74, 6) is -0.233. The molecule has 2 saturated heterocycles. The molecule has 0 aliphatic carbocycles. The normalized spacial score (nSPS) is 23.7. The molecule has 0 radical (unpaired) electrons. The fourth-order valence-corrected chi connectivity index (χ4v) is 6.26. The van der Waals surface area contributed by atoms with Crippen LogP contribution in [0.25, 0.3) is 6.08 Å². The number of sulfone groups is 1. The van der Waals surface area contributed by atoms with E-state index in [0.29, 0.717) is 19.6 Å². The predicted octanol–water partition coefficient (Wildman–Crippen LogP) is 1.16. The highest BCUT2D eigenvalue weighted by atomic mass is 32.2. The molecule has 8 nitrogen and oxygen atoms in total. The molecule has 2 unspecified atom stereocenters. The van der Waals surface area contributed by atoms with Crippen molar-refractivity contribution in [3.8, 4) is 0 Å². The largest absolute Gasteiger partial charge is 0.376 e. The lowest BCUT2D eigenvalue weighted by molar-refractivity contribution is -0.134. The fraction of sp³-hybridized carbons (Fsp3) is 0.550. The number of carbonyl (C=O) groups is 1. The molecule has 166 valence electrons. The molecule has 0 bridgehead atoms. The number of carbonyl (C=O) groups excluding carboxylic acids is 1. The average Bonchev–Trinajstić information content (AvgIpc) is 3.34. The third-order valence-electron chi connectivity index (χ3n) is 5.28. The van der Waals surface area contributed by atoms with Crippen molar-refractivity contribution in [2.45, 2.75) is 37.8 Å². The van der Waals surface area contributed by atoms with Crippen molar-refractivity contribution in [1.29, 1.82) is 0 Å². The smallest absolute Gasteiger partial charge is 0.233 e. The Morgan fingerprint density at radius 3 is 2.63 bits per heavy atom. The van der Waals surface area contributed by atoms with E-state index in [2.05, 4.69) is 4.72 Å². The van der Waals surface area contributed by atoms with Gasteiger partial charge < -0.3 is 9.64 Å². The second-order valence-electron chi connectivity index (χ2n) is 7.64. The molecule has 2 heterocycles. The average molecular weight is 457 g/mol. The topological polar surface area (TPSA) is 110 Å². The fourth-order valence-electron chi connectivity index (χ4n) is 3.71. The minimum absolute atomic E-state index is 0.0400. The van der Waals surface area contributed by atoms with E-state index in [9.17, 15) is 21.6 Å². The lowest BCUT2D eigenvalue weighted by atomic mass is 10.1. The monoisotopic (exact) mass is 456 g/mol. The van der Waals surface area contributed by atoms with Crippen LogP contribution in [0.15, 0.2) is 35.7 Å². The highest BCUT2D eigenvalue weighted by Gasteiger charge is 2.36. The van der Waals surface area contributed by atoms with Crippen molar-refractivity contribution < 1.29 is 26.4 Å². The van der Waals surface area contributed by atoms with Gasteiger partial charge >= 0.3 is 0 Å². The van der Waals surface area contributed by atoms with E-state index in [4.69, 9.17) is 4.74 Å². The van der Waals surface area contributed by atoms with Crippen LogP contribution in [-0.2, 0) is 29.4 Å². The van der Waals surface area contributed by atoms with Crippen molar-refractivity contribution in [1.82, 2.24) is 9.62 Å². The van der Waals surface area contributed by atoms with E-state index in [-0.39, 0.29) is 42.5 Å². The lowest BCUT2D eigenvalue weighted by Gasteiger charge is -2.30. The number of nitrogens with zero attached hydrogens (tertiary/aromatic N) is 1. The Bertz CT molecular complexity index is 954. The molecule has 3 rings (SSSR count). The molecular formula is C20H28N2O6S2. The van der Waals surface area contributed by atoms with Crippen molar-refractivity contribution >= 4 is 31.8 Å². The van der Waals surface area contributed by atoms with Crippen LogP contribution in [0.3, 0.4) is 0 Å². The SMILES string of the molecule is O=C(CCNS(=O)(=O)/C=C/c1ccccc1)N(CC1CCCO1)C1CCS(=O)(=O)C1. The maximum atomic E-state index is 12.8. The van der Waals surface area contributed by atoms with E-state index in [1.807, 2.05) is 18.2 Å². The summed E-state index contributed by atoms with van der Waals surface area (Å²) in [5, 5.41) is 1.07. The second-order valence-corrected chi connectivity index (χ2v) is 11.5. The summed E-state index contributed by atoms with van der Waals surface area (Å²) in [6, 6.07) is 8.66. The van der Waals surface area contributed by atoms with Crippen LogP contribution in [0.2, 0.25) is 0 Å². The van der Waals surface area contributed by atoms with Crippen LogP contribution in [0.4, 0.5) is 0 Å². The van der Waals surface area contributed by atoms with Crippen molar-refractivity contribution in [2.75, 3.05) is 31.2 Å². The van der Waals surface area contributed by atoms with Gasteiger partial charge in [-0.2, -0.15) is 0 Å². The van der Waals surface area contributed by atoms with Crippen molar-refractivity contribution in [3.63, 3.8) is 0 Å². The molecule has 30 heavy (non-hydrogen) atoms. The highest BCUT2D eigenvalue weighted by molar-refractivity contribution is 7.92. The summed E-state index contributed by atoms with van der Waals surface area (Å²) in [4.78, 5) is 14.4. The Balaban J connectivity index is 1.56. The van der Waals surface area contributed by atoms with Gasteiger partial charge in [0.15, 0.2) is 9.84 Å². The van der Waals surface area contributed by atoms with E-state index >= 15 is 0 Å². The van der Waals surface area contributed by atoms with Gasteiger partial charge in [-0.05, 0) is 30.9 Å². The minimum atomic E-state index is -3.68. The van der Waals surface area contributed by atoms with Gasteiger partial charge in [-0.3, -0.25) is 4.79 Å². The number of nitrogens with one attached hydrogen (secondary N) is 1. The van der Waals surface area contributed by atoms with Gasteiger partial charge in [-0.25, -0.2) is 21.6 Å². The number of benzene rings is 1. The summed E-state index contributed by atoms with van der Waals surface area (Å²) in [7, 11) is -6.82. The molecular weight excluding hydrogens is 428 g/mol. The quantitative estimate of drug-likeness (QED) is 0.597. The van der Waals surface area contributed by atoms with Crippen molar-refractivity contribution in [3.05, 3.63) is 41.3 Å². The summed E-state index contributed by atoms with van der Waals surface area (Å²) in [6.07, 6.45) is 3.51. The molecule has 0 spiro atoms. The maximum absolute atomic E-state index is 12.8. The molecule has 2 aliphatic heterocycles. The molecule has 0 saturated carbocycles. The van der Waals surface area contributed by atoms with Crippen molar-refractivity contribution in [2.24, 2.45) is 0 Å². The summed E-state index contributed by atoms with van der Waals surface area (Å²) in [5.41, 5.74) is 0.754. The molecule has 1 aromatic carbocycles. The number of hydrogen-bond acceptors (Lipinski definition) is 6. The van der Waals surface area contributed by atoms with E-state index in [0.717, 1.165) is 23.8 Å². The second kappa shape index (κ2) is 10.0. The summed E-state index contributed by atoms with van der Waals surface area (Å²) < 4.78 is 56.1. The molecule has 1 amide bonds. The first-order valence-electron chi connectivity index (χ1n) is 10.1. The van der Waals surface area contributed by atoms with E-state index in [1.54, 1.807) is 17.0 Å². The van der Waals surface area contributed by atoms with Crippen LogP contribution in [-0.4, -0.2) is 71.0 Å². The van der Waals surface area contributed by atoms with Crippen LogP contribution in [0, 0.1) is 0 Å². The standard InChI is InChI=1S/C20H28N2O6S2/c23-20(8-11-21-30(26,27)14-9-17-5-2-1-3-6-17)22(15-19-7-4-12-28-19)18-10-13-29(24,25)16-18/h1-3,5-6,9,14,18-19,21H,4,7-8,10-13,15-16H2/b14-9+. The van der Waals surface area contributed by atoms with Gasteiger partial charge in [0.25, 0.3) is 0 Å². The number of hydrogen-bond donors (Lipinski definition) is 1. The van der Waals surface area contributed by atoms with Gasteiger partial charge in [0, 0.05) is 37.6 Å². The number of rotatable bonds is 9. The number of sulfonamides is 1. The molecule has 10 heteroatoms. The minimum Gasteiger partial charge on any atom is -0.376 e. The number of ether oxygens (including phenoxy) is 1. The third-order valence-corrected chi connectivity index (χ3v) is 8.13. The molecule has 1 aromatic rings. The first-order valence-corrected chi connectivity index (χ1v) is 13.5. The Morgan fingerprint density at radius 2 is 2.00 bits per heavy atom. The lowest BCUT2D eigenvalue weighted by Crippen LogP contribution is -2.46. The Hall–Kier alpha value is -1.75.